The third kappa shape index (κ3) is 4.72. The fourth-order valence-corrected chi connectivity index (χ4v) is 5.10. The van der Waals surface area contributed by atoms with Crippen molar-refractivity contribution in [1.82, 2.24) is 4.90 Å². The number of nitro benzene ring substituents is 1. The molecule has 176 valence electrons. The number of nitrogens with zero attached hydrogens (tertiary/aromatic N) is 4. The SMILES string of the molecule is CN(c1ccccc1)S(=O)(=O)c1cccc(C(=O)N2CCN(c3ccc([N+](=O)[O-])cc3)CC2)c1. The van der Waals surface area contributed by atoms with Crippen LogP contribution in [-0.4, -0.2) is 57.4 Å². The molecule has 0 aromatic heterocycles. The second-order valence-electron chi connectivity index (χ2n) is 7.89. The maximum absolute atomic E-state index is 13.1. The van der Waals surface area contributed by atoms with E-state index in [2.05, 4.69) is 4.90 Å². The van der Waals surface area contributed by atoms with E-state index in [-0.39, 0.29) is 16.5 Å². The van der Waals surface area contributed by atoms with Crippen LogP contribution in [0.25, 0.3) is 0 Å². The Morgan fingerprint density at radius 2 is 1.56 bits per heavy atom. The Hall–Kier alpha value is -3.92. The first-order chi connectivity index (χ1) is 16.3. The number of hydrogen-bond donors (Lipinski definition) is 0. The molecule has 0 saturated carbocycles. The molecular weight excluding hydrogens is 456 g/mol. The number of nitro groups is 1. The summed E-state index contributed by atoms with van der Waals surface area (Å²) in [6.07, 6.45) is 0. The average Bonchev–Trinajstić information content (AvgIpc) is 2.88. The van der Waals surface area contributed by atoms with Crippen molar-refractivity contribution in [1.29, 1.82) is 0 Å². The van der Waals surface area contributed by atoms with Crippen LogP contribution in [0.3, 0.4) is 0 Å². The molecule has 10 heteroatoms. The van der Waals surface area contributed by atoms with Crippen LogP contribution in [0.5, 0.6) is 0 Å². The largest absolute Gasteiger partial charge is 0.368 e. The van der Waals surface area contributed by atoms with E-state index < -0.39 is 14.9 Å². The highest BCUT2D eigenvalue weighted by molar-refractivity contribution is 7.92. The molecule has 0 bridgehead atoms. The second kappa shape index (κ2) is 9.52. The van der Waals surface area contributed by atoms with Crippen LogP contribution in [0.1, 0.15) is 10.4 Å². The molecule has 3 aromatic carbocycles. The van der Waals surface area contributed by atoms with Crippen LogP contribution in [0.2, 0.25) is 0 Å². The number of sulfonamides is 1. The Kier molecular flexibility index (Phi) is 6.51. The number of anilines is 2. The van der Waals surface area contributed by atoms with Gasteiger partial charge in [0.15, 0.2) is 0 Å². The van der Waals surface area contributed by atoms with Crippen LogP contribution in [0.15, 0.2) is 83.8 Å². The van der Waals surface area contributed by atoms with E-state index in [1.165, 1.54) is 35.6 Å². The molecule has 0 aliphatic carbocycles. The van der Waals surface area contributed by atoms with Crippen LogP contribution in [0.4, 0.5) is 17.1 Å². The monoisotopic (exact) mass is 480 g/mol. The molecule has 0 atom stereocenters. The quantitative estimate of drug-likeness (QED) is 0.396. The number of carbonyl (C=O) groups excluding carboxylic acids is 1. The van der Waals surface area contributed by atoms with E-state index in [0.29, 0.717) is 37.4 Å². The van der Waals surface area contributed by atoms with E-state index in [4.69, 9.17) is 0 Å². The number of benzene rings is 3. The fourth-order valence-electron chi connectivity index (χ4n) is 3.86. The minimum atomic E-state index is -3.83. The number of amides is 1. The van der Waals surface area contributed by atoms with Crippen molar-refractivity contribution >= 4 is 33.0 Å². The zero-order valence-corrected chi connectivity index (χ0v) is 19.4. The Morgan fingerprint density at radius 3 is 2.18 bits per heavy atom. The van der Waals surface area contributed by atoms with Gasteiger partial charge in [0.05, 0.1) is 15.5 Å². The molecule has 0 spiro atoms. The van der Waals surface area contributed by atoms with Crippen molar-refractivity contribution in [2.24, 2.45) is 0 Å². The Morgan fingerprint density at radius 1 is 0.912 bits per heavy atom. The van der Waals surface area contributed by atoms with Gasteiger partial charge in [0.25, 0.3) is 21.6 Å². The number of non-ortho nitro benzene ring substituents is 1. The van der Waals surface area contributed by atoms with E-state index in [1.54, 1.807) is 53.4 Å². The number of piperazine rings is 1. The minimum absolute atomic E-state index is 0.0327. The normalized spacial score (nSPS) is 14.0. The number of rotatable bonds is 6. The third-order valence-corrected chi connectivity index (χ3v) is 7.63. The lowest BCUT2D eigenvalue weighted by molar-refractivity contribution is -0.384. The molecule has 3 aromatic rings. The minimum Gasteiger partial charge on any atom is -0.368 e. The van der Waals surface area contributed by atoms with Gasteiger partial charge in [-0.05, 0) is 42.5 Å². The van der Waals surface area contributed by atoms with Crippen LogP contribution >= 0.6 is 0 Å². The Balaban J connectivity index is 1.45. The standard InChI is InChI=1S/C24H24N4O5S/c1-25(20-7-3-2-4-8-20)34(32,33)23-9-5-6-19(18-23)24(29)27-16-14-26(15-17-27)21-10-12-22(13-11-21)28(30)31/h2-13,18H,14-17H2,1H3. The lowest BCUT2D eigenvalue weighted by Crippen LogP contribution is -2.48. The molecule has 1 amide bonds. The van der Waals surface area contributed by atoms with Gasteiger partial charge in [-0.2, -0.15) is 0 Å². The van der Waals surface area contributed by atoms with Crippen molar-refractivity contribution < 1.29 is 18.1 Å². The van der Waals surface area contributed by atoms with Gasteiger partial charge in [0.1, 0.15) is 0 Å². The Bertz CT molecular complexity index is 1290. The molecule has 1 saturated heterocycles. The van der Waals surface area contributed by atoms with Gasteiger partial charge >= 0.3 is 0 Å². The summed E-state index contributed by atoms with van der Waals surface area (Å²) >= 11 is 0. The zero-order valence-electron chi connectivity index (χ0n) is 18.6. The highest BCUT2D eigenvalue weighted by Gasteiger charge is 2.26. The van der Waals surface area contributed by atoms with Crippen molar-refractivity contribution in [3.8, 4) is 0 Å². The average molecular weight is 481 g/mol. The van der Waals surface area contributed by atoms with E-state index in [1.807, 2.05) is 6.07 Å². The number of hydrogen-bond acceptors (Lipinski definition) is 6. The summed E-state index contributed by atoms with van der Waals surface area (Å²) in [4.78, 5) is 27.3. The van der Waals surface area contributed by atoms with Crippen molar-refractivity contribution in [3.05, 3.63) is 94.5 Å². The highest BCUT2D eigenvalue weighted by Crippen LogP contribution is 2.24. The number of carbonyl (C=O) groups is 1. The van der Waals surface area contributed by atoms with E-state index in [0.717, 1.165) is 5.69 Å². The van der Waals surface area contributed by atoms with Crippen molar-refractivity contribution in [2.45, 2.75) is 4.90 Å². The lowest BCUT2D eigenvalue weighted by atomic mass is 10.1. The summed E-state index contributed by atoms with van der Waals surface area (Å²) < 4.78 is 27.4. The molecule has 34 heavy (non-hydrogen) atoms. The van der Waals surface area contributed by atoms with Gasteiger partial charge < -0.3 is 9.80 Å². The molecule has 9 nitrogen and oxygen atoms in total. The van der Waals surface area contributed by atoms with E-state index in [9.17, 15) is 23.3 Å². The molecule has 1 heterocycles. The molecule has 0 radical (unpaired) electrons. The summed E-state index contributed by atoms with van der Waals surface area (Å²) in [6, 6.07) is 21.2. The topological polar surface area (TPSA) is 104 Å². The van der Waals surface area contributed by atoms with Crippen molar-refractivity contribution in [3.63, 3.8) is 0 Å². The molecular formula is C24H24N4O5S. The second-order valence-corrected chi connectivity index (χ2v) is 9.86. The van der Waals surface area contributed by atoms with Gasteiger partial charge in [0, 0.05) is 56.6 Å². The molecule has 0 unspecified atom stereocenters. The summed E-state index contributed by atoms with van der Waals surface area (Å²) in [6.45, 7) is 2.05. The predicted octanol–water partition coefficient (Wildman–Crippen LogP) is 3.38. The van der Waals surface area contributed by atoms with Crippen LogP contribution in [-0.2, 0) is 10.0 Å². The lowest BCUT2D eigenvalue weighted by Gasteiger charge is -2.36. The smallest absolute Gasteiger partial charge is 0.269 e. The molecule has 0 N–H and O–H groups in total. The highest BCUT2D eigenvalue weighted by atomic mass is 32.2. The van der Waals surface area contributed by atoms with Gasteiger partial charge in [-0.1, -0.05) is 24.3 Å². The summed E-state index contributed by atoms with van der Waals surface area (Å²) in [5.41, 5.74) is 1.73. The molecule has 1 fully saturated rings. The zero-order chi connectivity index (χ0) is 24.3. The predicted molar refractivity (Wildman–Crippen MR) is 130 cm³/mol. The first-order valence-electron chi connectivity index (χ1n) is 10.7. The maximum Gasteiger partial charge on any atom is 0.269 e. The third-order valence-electron chi connectivity index (χ3n) is 5.85. The van der Waals surface area contributed by atoms with Gasteiger partial charge in [-0.15, -0.1) is 0 Å². The molecule has 1 aliphatic rings. The number of para-hydroxylation sites is 1. The van der Waals surface area contributed by atoms with Crippen LogP contribution in [0, 0.1) is 10.1 Å². The first-order valence-corrected chi connectivity index (χ1v) is 12.1. The summed E-state index contributed by atoms with van der Waals surface area (Å²) in [7, 11) is -2.34. The molecule has 1 aliphatic heterocycles. The Labute approximate surface area is 198 Å². The molecule has 4 rings (SSSR count). The van der Waals surface area contributed by atoms with Gasteiger partial charge in [0.2, 0.25) is 0 Å². The van der Waals surface area contributed by atoms with Crippen LogP contribution < -0.4 is 9.21 Å². The fraction of sp³-hybridized carbons (Fsp3) is 0.208. The summed E-state index contributed by atoms with van der Waals surface area (Å²) in [5, 5.41) is 10.8. The van der Waals surface area contributed by atoms with Gasteiger partial charge in [-0.3, -0.25) is 19.2 Å². The van der Waals surface area contributed by atoms with Gasteiger partial charge in [-0.25, -0.2) is 8.42 Å². The van der Waals surface area contributed by atoms with E-state index >= 15 is 0 Å². The maximum atomic E-state index is 13.1. The van der Waals surface area contributed by atoms with Crippen molar-refractivity contribution in [2.75, 3.05) is 42.4 Å². The first kappa shape index (κ1) is 23.2. The summed E-state index contributed by atoms with van der Waals surface area (Å²) in [5.74, 6) is -0.234.